The molecule has 4 aliphatic heterocycles. The smallest absolute Gasteiger partial charge is 0.311 e. The molecule has 0 saturated carbocycles. The Balaban J connectivity index is 0.00000346. The highest BCUT2D eigenvalue weighted by Gasteiger charge is 2.53. The quantitative estimate of drug-likeness (QED) is 0.0648. The Morgan fingerprint density at radius 1 is 0.986 bits per heavy atom. The first-order chi connectivity index (χ1) is 32.7. The number of hydrogen-bond donors (Lipinski definition) is 8. The monoisotopic (exact) mass is 1020 g/mol. The van der Waals surface area contributed by atoms with Gasteiger partial charge < -0.3 is 84.1 Å². The van der Waals surface area contributed by atoms with Gasteiger partial charge >= 0.3 is 5.97 Å². The molecular formula is C49H84N4O16S. The summed E-state index contributed by atoms with van der Waals surface area (Å²) in [6.45, 7) is 18.9. The van der Waals surface area contributed by atoms with Crippen LogP contribution in [0, 0.1) is 17.8 Å². The molecule has 3 saturated heterocycles. The number of esters is 1. The standard InChI is InChI=1S/C48H82N4O14S.CH2O2/c1-14-36-48(10,58)40(54)30(6)52(19-15-18-49-45(67)50-32-16-17-34-35(21-32)61-25-60-34)24-26(2)22-46(8,57)42(66-44-38(53)33(51(11)12)20-27(3)62-44)28(4)39(29(5)43(56)64-36)65-37-23-47(9,59-13)41(55)31(7)63-37;2-1-3/h16-17,21,26-31,33,36-42,44,53-55,57-58H,14-15,18-20,22-25H2,1-13H3,(H2,49,50,67);1H,(H,2,3)/t26-,27-,28+,29-,30-,31+,33+,36-,37+,38-,39+,40-,41+,42-,44+,46-,47-,48-;/m1./s1. The summed E-state index contributed by atoms with van der Waals surface area (Å²) in [6.07, 6.45) is -8.29. The third kappa shape index (κ3) is 14.8. The van der Waals surface area contributed by atoms with E-state index >= 15 is 0 Å². The van der Waals surface area contributed by atoms with E-state index in [2.05, 4.69) is 15.5 Å². The number of rotatable bonds is 12. The van der Waals surface area contributed by atoms with Crippen molar-refractivity contribution < 1.29 is 78.1 Å². The molecule has 0 unspecified atom stereocenters. The molecule has 21 heteroatoms. The third-order valence-electron chi connectivity index (χ3n) is 14.6. The van der Waals surface area contributed by atoms with Gasteiger partial charge in [-0.15, -0.1) is 0 Å². The van der Waals surface area contributed by atoms with Crippen LogP contribution in [0.1, 0.15) is 101 Å². The molecule has 1 aromatic rings. The predicted octanol–water partition coefficient (Wildman–Crippen LogP) is 3.08. The van der Waals surface area contributed by atoms with Crippen molar-refractivity contribution in [3.05, 3.63) is 18.2 Å². The molecule has 402 valence electrons. The van der Waals surface area contributed by atoms with E-state index < -0.39 is 96.0 Å². The lowest BCUT2D eigenvalue weighted by atomic mass is 9.77. The molecule has 20 nitrogen and oxygen atoms in total. The van der Waals surface area contributed by atoms with Crippen molar-refractivity contribution in [2.75, 3.05) is 52.9 Å². The second-order valence-electron chi connectivity index (χ2n) is 20.6. The normalized spacial score (nSPS) is 39.9. The molecule has 0 amide bonds. The number of nitrogens with zero attached hydrogens (tertiary/aromatic N) is 2. The van der Waals surface area contributed by atoms with Crippen molar-refractivity contribution in [2.45, 2.75) is 192 Å². The van der Waals surface area contributed by atoms with Crippen molar-refractivity contribution in [3.8, 4) is 11.5 Å². The average Bonchev–Trinajstić information content (AvgIpc) is 3.77. The van der Waals surface area contributed by atoms with Crippen molar-refractivity contribution >= 4 is 35.5 Å². The first-order valence-electron chi connectivity index (χ1n) is 24.5. The first-order valence-corrected chi connectivity index (χ1v) is 24.9. The Kier molecular flexibility index (Phi) is 21.9. The summed E-state index contributed by atoms with van der Waals surface area (Å²) in [4.78, 5) is 26.9. The predicted molar refractivity (Wildman–Crippen MR) is 263 cm³/mol. The molecule has 3 fully saturated rings. The summed E-state index contributed by atoms with van der Waals surface area (Å²) in [5.41, 5.74) is -3.85. The van der Waals surface area contributed by atoms with Gasteiger partial charge in [-0.05, 0) is 119 Å². The van der Waals surface area contributed by atoms with Crippen molar-refractivity contribution in [1.29, 1.82) is 0 Å². The Bertz CT molecular complexity index is 1830. The fourth-order valence-corrected chi connectivity index (χ4v) is 10.8. The number of anilines is 1. The Morgan fingerprint density at radius 2 is 1.64 bits per heavy atom. The minimum atomic E-state index is -1.90. The maximum atomic E-state index is 14.6. The van der Waals surface area contributed by atoms with E-state index in [1.54, 1.807) is 34.6 Å². The number of hydrogen-bond acceptors (Lipinski definition) is 18. The minimum absolute atomic E-state index is 0.106. The molecular weight excluding hydrogens is 933 g/mol. The number of carbonyl (C=O) groups is 2. The summed E-state index contributed by atoms with van der Waals surface area (Å²) < 4.78 is 49.0. The molecule has 1 aromatic carbocycles. The Morgan fingerprint density at radius 3 is 2.27 bits per heavy atom. The van der Waals surface area contributed by atoms with E-state index in [9.17, 15) is 30.3 Å². The molecule has 8 N–H and O–H groups in total. The highest BCUT2D eigenvalue weighted by molar-refractivity contribution is 7.80. The molecule has 0 radical (unpaired) electrons. The van der Waals surface area contributed by atoms with Gasteiger partial charge in [0.15, 0.2) is 29.2 Å². The number of thiocarbonyl (C=S) groups is 1. The molecule has 0 bridgehead atoms. The fraction of sp³-hybridized carbons (Fsp3) is 0.816. The number of aliphatic hydroxyl groups excluding tert-OH is 3. The average molecular weight is 1020 g/mol. The van der Waals surface area contributed by atoms with Crippen molar-refractivity contribution in [2.24, 2.45) is 17.8 Å². The van der Waals surface area contributed by atoms with Gasteiger partial charge in [0.1, 0.15) is 30.0 Å². The zero-order valence-corrected chi connectivity index (χ0v) is 44.2. The number of carboxylic acid groups (broad SMARTS) is 1. The van der Waals surface area contributed by atoms with Gasteiger partial charge in [0.25, 0.3) is 6.47 Å². The number of fused-ring (bicyclic) bond motifs is 1. The zero-order valence-electron chi connectivity index (χ0n) is 43.4. The summed E-state index contributed by atoms with van der Waals surface area (Å²) in [6, 6.07) is 4.52. The van der Waals surface area contributed by atoms with E-state index in [1.807, 2.05) is 64.9 Å². The fourth-order valence-electron chi connectivity index (χ4n) is 10.5. The number of benzene rings is 1. The van der Waals surface area contributed by atoms with E-state index in [-0.39, 0.29) is 50.6 Å². The van der Waals surface area contributed by atoms with Crippen LogP contribution in [0.25, 0.3) is 0 Å². The van der Waals surface area contributed by atoms with Crippen LogP contribution >= 0.6 is 12.2 Å². The first kappa shape index (κ1) is 59.5. The van der Waals surface area contributed by atoms with Gasteiger partial charge in [-0.3, -0.25) is 14.5 Å². The van der Waals surface area contributed by atoms with Crippen LogP contribution < -0.4 is 20.1 Å². The van der Waals surface area contributed by atoms with Gasteiger partial charge in [-0.1, -0.05) is 20.8 Å². The van der Waals surface area contributed by atoms with Crippen LogP contribution in [0.2, 0.25) is 0 Å². The van der Waals surface area contributed by atoms with Crippen LogP contribution in [0.15, 0.2) is 18.2 Å². The Hall–Kier alpha value is -3.03. The summed E-state index contributed by atoms with van der Waals surface area (Å²) in [5, 5.41) is 73.7. The Labute approximate surface area is 419 Å². The van der Waals surface area contributed by atoms with Gasteiger partial charge in [0, 0.05) is 62.9 Å². The van der Waals surface area contributed by atoms with Gasteiger partial charge in [-0.25, -0.2) is 0 Å². The summed E-state index contributed by atoms with van der Waals surface area (Å²) >= 11 is 5.60. The van der Waals surface area contributed by atoms with Crippen LogP contribution in [0.4, 0.5) is 5.69 Å². The maximum Gasteiger partial charge on any atom is 0.311 e. The SMILES string of the molecule is CC[C@H]1OC(=O)[C@H](C)[C@@H](O[C@H]2C[C@@](C)(OC)[C@@H](O)[C@H](C)O2)[C@H](C)[C@@H](O[C@@H]2O[C@H](C)C[C@H](N(C)C)[C@H]2O)[C@](C)(O)C[C@@H](C)CN(CCCNC(=S)Nc2ccc3c(c2)OCO3)[C@H](C)[C@@H](O)[C@]1(C)O.O=CO. The number of nitrogens with one attached hydrogen (secondary N) is 2. The maximum absolute atomic E-state index is 14.6. The number of carbonyl (C=O) groups excluding carboxylic acids is 1. The highest BCUT2D eigenvalue weighted by Crippen LogP contribution is 2.41. The van der Waals surface area contributed by atoms with Crippen molar-refractivity contribution in [3.63, 3.8) is 0 Å². The van der Waals surface area contributed by atoms with Gasteiger partial charge in [0.2, 0.25) is 6.79 Å². The molecule has 4 aliphatic rings. The summed E-state index contributed by atoms with van der Waals surface area (Å²) in [7, 11) is 5.27. The van der Waals surface area contributed by atoms with Gasteiger partial charge in [0.05, 0.1) is 41.5 Å². The zero-order chi connectivity index (χ0) is 52.5. The number of methoxy groups -OCH3 is 1. The van der Waals surface area contributed by atoms with Crippen LogP contribution in [0.3, 0.4) is 0 Å². The van der Waals surface area contributed by atoms with E-state index in [0.29, 0.717) is 49.1 Å². The molecule has 0 aromatic heterocycles. The second-order valence-corrected chi connectivity index (χ2v) is 21.0. The molecule has 18 atom stereocenters. The lowest BCUT2D eigenvalue weighted by molar-refractivity contribution is -0.318. The van der Waals surface area contributed by atoms with E-state index in [4.69, 9.17) is 60.0 Å². The van der Waals surface area contributed by atoms with Gasteiger partial charge in [-0.2, -0.15) is 0 Å². The molecule has 4 heterocycles. The minimum Gasteiger partial charge on any atom is -0.483 e. The molecule has 0 spiro atoms. The highest BCUT2D eigenvalue weighted by atomic mass is 32.1. The van der Waals surface area contributed by atoms with Crippen molar-refractivity contribution in [1.82, 2.24) is 15.1 Å². The third-order valence-corrected chi connectivity index (χ3v) is 14.8. The van der Waals surface area contributed by atoms with E-state index in [1.165, 1.54) is 14.0 Å². The topological polar surface area (TPSA) is 260 Å². The summed E-state index contributed by atoms with van der Waals surface area (Å²) in [5.74, 6) is -1.52. The number of cyclic esters (lactones) is 1. The molecule has 70 heavy (non-hydrogen) atoms. The number of aliphatic hydroxyl groups is 5. The van der Waals surface area contributed by atoms with Crippen LogP contribution in [-0.2, 0) is 38.0 Å². The van der Waals surface area contributed by atoms with Crippen LogP contribution in [-0.4, -0.2) is 196 Å². The van der Waals surface area contributed by atoms with Crippen LogP contribution in [0.5, 0.6) is 11.5 Å². The second kappa shape index (κ2) is 25.8. The number of ether oxygens (including phenoxy) is 8. The molecule has 0 aliphatic carbocycles. The largest absolute Gasteiger partial charge is 0.483 e. The lowest BCUT2D eigenvalue weighted by Crippen LogP contribution is -2.60. The molecule has 5 rings (SSSR count). The number of likely N-dealkylation sites (N-methyl/N-ethyl adjacent to an activating group) is 1. The van der Waals surface area contributed by atoms with E-state index in [0.717, 1.165) is 5.69 Å². The lowest BCUT2D eigenvalue weighted by Gasteiger charge is -2.48.